The Balaban J connectivity index is 2.05. The van der Waals surface area contributed by atoms with Crippen molar-refractivity contribution in [3.8, 4) is 0 Å². The number of hydrogen-bond donors (Lipinski definition) is 3. The van der Waals surface area contributed by atoms with Gasteiger partial charge in [0.05, 0.1) is 0 Å². The first-order valence-corrected chi connectivity index (χ1v) is 9.59. The highest BCUT2D eigenvalue weighted by Crippen LogP contribution is 2.43. The van der Waals surface area contributed by atoms with Crippen molar-refractivity contribution in [3.63, 3.8) is 0 Å². The van der Waals surface area contributed by atoms with E-state index >= 15 is 0 Å². The number of guanidine groups is 1. The number of hydrogen-bond acceptors (Lipinski definition) is 2. The number of rotatable bonds is 9. The summed E-state index contributed by atoms with van der Waals surface area (Å²) in [6.45, 7) is 7.70. The molecule has 4 nitrogen and oxygen atoms in total. The molecule has 1 fully saturated rings. The fourth-order valence-electron chi connectivity index (χ4n) is 3.42. The minimum absolute atomic E-state index is 0.0162. The molecule has 0 spiro atoms. The Hall–Kier alpha value is -1.69. The monoisotopic (exact) mass is 367 g/mol. The van der Waals surface area contributed by atoms with Gasteiger partial charge in [0.2, 0.25) is 0 Å². The van der Waals surface area contributed by atoms with Crippen LogP contribution in [0.3, 0.4) is 0 Å². The highest BCUT2D eigenvalue weighted by atomic mass is 19.1. The fraction of sp³-hybridized carbons (Fsp3) is 0.650. The SMILES string of the molecule is CCNC(=NCC(CC)(CC)CCO)NC1CC1c1c(F)cccc1F. The summed E-state index contributed by atoms with van der Waals surface area (Å²) in [5.41, 5.74) is 0.148. The van der Waals surface area contributed by atoms with Crippen molar-refractivity contribution in [1.82, 2.24) is 10.6 Å². The van der Waals surface area contributed by atoms with Gasteiger partial charge in [-0.05, 0) is 50.2 Å². The van der Waals surface area contributed by atoms with E-state index in [2.05, 4.69) is 24.5 Å². The Labute approximate surface area is 155 Å². The lowest BCUT2D eigenvalue weighted by atomic mass is 9.79. The summed E-state index contributed by atoms with van der Waals surface area (Å²) in [6.07, 6.45) is 3.29. The number of aliphatic hydroxyl groups is 1. The lowest BCUT2D eigenvalue weighted by Crippen LogP contribution is -2.40. The van der Waals surface area contributed by atoms with Gasteiger partial charge in [-0.3, -0.25) is 4.99 Å². The van der Waals surface area contributed by atoms with Crippen molar-refractivity contribution < 1.29 is 13.9 Å². The first-order chi connectivity index (χ1) is 12.5. The van der Waals surface area contributed by atoms with Gasteiger partial charge in [-0.1, -0.05) is 19.9 Å². The van der Waals surface area contributed by atoms with E-state index in [4.69, 9.17) is 4.99 Å². The van der Waals surface area contributed by atoms with E-state index in [1.807, 2.05) is 6.92 Å². The normalized spacial score (nSPS) is 20.2. The van der Waals surface area contributed by atoms with E-state index in [1.54, 1.807) is 0 Å². The van der Waals surface area contributed by atoms with E-state index in [-0.39, 0.29) is 29.5 Å². The molecule has 0 radical (unpaired) electrons. The molecule has 6 heteroatoms. The summed E-state index contributed by atoms with van der Waals surface area (Å²) < 4.78 is 27.9. The zero-order valence-electron chi connectivity index (χ0n) is 16.0. The second-order valence-electron chi connectivity index (χ2n) is 7.10. The van der Waals surface area contributed by atoms with Crippen LogP contribution >= 0.6 is 0 Å². The lowest BCUT2D eigenvalue weighted by molar-refractivity contribution is 0.175. The predicted molar refractivity (Wildman–Crippen MR) is 101 cm³/mol. The minimum Gasteiger partial charge on any atom is -0.396 e. The molecule has 0 aliphatic heterocycles. The molecule has 26 heavy (non-hydrogen) atoms. The van der Waals surface area contributed by atoms with Crippen molar-refractivity contribution >= 4 is 5.96 Å². The highest BCUT2D eigenvalue weighted by molar-refractivity contribution is 5.80. The van der Waals surface area contributed by atoms with Crippen LogP contribution in [0.5, 0.6) is 0 Å². The fourth-order valence-corrected chi connectivity index (χ4v) is 3.42. The Morgan fingerprint density at radius 1 is 1.23 bits per heavy atom. The van der Waals surface area contributed by atoms with Crippen LogP contribution in [-0.2, 0) is 0 Å². The molecule has 2 atom stereocenters. The third-order valence-electron chi connectivity index (χ3n) is 5.54. The van der Waals surface area contributed by atoms with E-state index in [0.29, 0.717) is 25.5 Å². The summed E-state index contributed by atoms with van der Waals surface area (Å²) in [6, 6.07) is 3.98. The van der Waals surface area contributed by atoms with Gasteiger partial charge in [-0.25, -0.2) is 8.78 Å². The number of halogens is 2. The van der Waals surface area contributed by atoms with Gasteiger partial charge in [0.25, 0.3) is 0 Å². The maximum absolute atomic E-state index is 13.9. The Kier molecular flexibility index (Phi) is 7.38. The van der Waals surface area contributed by atoms with Gasteiger partial charge >= 0.3 is 0 Å². The number of benzene rings is 1. The van der Waals surface area contributed by atoms with E-state index in [9.17, 15) is 13.9 Å². The molecule has 1 aromatic rings. The van der Waals surface area contributed by atoms with Crippen molar-refractivity contribution in [1.29, 1.82) is 0 Å². The van der Waals surface area contributed by atoms with E-state index in [1.165, 1.54) is 18.2 Å². The first-order valence-electron chi connectivity index (χ1n) is 9.59. The van der Waals surface area contributed by atoms with Crippen LogP contribution in [0.2, 0.25) is 0 Å². The second-order valence-corrected chi connectivity index (χ2v) is 7.10. The van der Waals surface area contributed by atoms with Crippen LogP contribution in [0, 0.1) is 17.0 Å². The average Bonchev–Trinajstić information content (AvgIpc) is 3.37. The molecular formula is C20H31F2N3O. The number of aliphatic hydroxyl groups excluding tert-OH is 1. The molecule has 0 amide bonds. The van der Waals surface area contributed by atoms with Gasteiger partial charge < -0.3 is 15.7 Å². The Morgan fingerprint density at radius 2 is 1.88 bits per heavy atom. The summed E-state index contributed by atoms with van der Waals surface area (Å²) in [7, 11) is 0. The smallest absolute Gasteiger partial charge is 0.191 e. The topological polar surface area (TPSA) is 56.7 Å². The number of nitrogens with zero attached hydrogens (tertiary/aromatic N) is 1. The third-order valence-corrected chi connectivity index (χ3v) is 5.54. The van der Waals surface area contributed by atoms with Crippen molar-refractivity contribution in [2.75, 3.05) is 19.7 Å². The van der Waals surface area contributed by atoms with E-state index < -0.39 is 11.6 Å². The lowest BCUT2D eigenvalue weighted by Gasteiger charge is -2.29. The van der Waals surface area contributed by atoms with Crippen LogP contribution in [0.1, 0.15) is 57.9 Å². The molecule has 0 bridgehead atoms. The maximum atomic E-state index is 13.9. The standard InChI is InChI=1S/C20H31F2N3O/c1-4-20(5-2,10-11-26)13-24-19(23-6-3)25-17-12-14(17)18-15(21)8-7-9-16(18)22/h7-9,14,17,26H,4-6,10-13H2,1-3H3,(H2,23,24,25). The van der Waals surface area contributed by atoms with Gasteiger partial charge in [0.1, 0.15) is 11.6 Å². The maximum Gasteiger partial charge on any atom is 0.191 e. The molecule has 1 aliphatic carbocycles. The molecule has 1 aromatic carbocycles. The summed E-state index contributed by atoms with van der Waals surface area (Å²) in [4.78, 5) is 4.70. The molecule has 3 N–H and O–H groups in total. The second kappa shape index (κ2) is 9.31. The highest BCUT2D eigenvalue weighted by Gasteiger charge is 2.42. The molecule has 146 valence electrons. The van der Waals surface area contributed by atoms with Crippen LogP contribution in [0.4, 0.5) is 8.78 Å². The zero-order chi connectivity index (χ0) is 19.2. The predicted octanol–water partition coefficient (Wildman–Crippen LogP) is 3.56. The van der Waals surface area contributed by atoms with Crippen LogP contribution < -0.4 is 10.6 Å². The van der Waals surface area contributed by atoms with Gasteiger partial charge in [-0.2, -0.15) is 0 Å². The Morgan fingerprint density at radius 3 is 2.42 bits per heavy atom. The van der Waals surface area contributed by atoms with Crippen molar-refractivity contribution in [3.05, 3.63) is 35.4 Å². The summed E-state index contributed by atoms with van der Waals surface area (Å²) in [5, 5.41) is 15.9. The number of nitrogens with one attached hydrogen (secondary N) is 2. The molecule has 0 saturated heterocycles. The molecule has 2 unspecified atom stereocenters. The van der Waals surface area contributed by atoms with Crippen molar-refractivity contribution in [2.45, 2.75) is 58.4 Å². The molecule has 1 aliphatic rings. The van der Waals surface area contributed by atoms with Gasteiger partial charge in [-0.15, -0.1) is 0 Å². The summed E-state index contributed by atoms with van der Waals surface area (Å²) >= 11 is 0. The summed E-state index contributed by atoms with van der Waals surface area (Å²) in [5.74, 6) is -0.471. The molecule has 2 rings (SSSR count). The van der Waals surface area contributed by atoms with Gasteiger partial charge in [0, 0.05) is 37.2 Å². The van der Waals surface area contributed by atoms with Crippen LogP contribution in [0.15, 0.2) is 23.2 Å². The quantitative estimate of drug-likeness (QED) is 0.462. The van der Waals surface area contributed by atoms with E-state index in [0.717, 1.165) is 19.3 Å². The van der Waals surface area contributed by atoms with Crippen molar-refractivity contribution in [2.24, 2.45) is 10.4 Å². The Bertz CT molecular complexity index is 597. The molecular weight excluding hydrogens is 336 g/mol. The largest absolute Gasteiger partial charge is 0.396 e. The van der Waals surface area contributed by atoms with Crippen LogP contribution in [-0.4, -0.2) is 36.8 Å². The molecule has 1 saturated carbocycles. The average molecular weight is 367 g/mol. The number of aliphatic imine (C=N–C) groups is 1. The third kappa shape index (κ3) is 4.93. The van der Waals surface area contributed by atoms with Crippen LogP contribution in [0.25, 0.3) is 0 Å². The minimum atomic E-state index is -0.486. The van der Waals surface area contributed by atoms with Gasteiger partial charge in [0.15, 0.2) is 5.96 Å². The first kappa shape index (κ1) is 20.6. The molecule has 0 aromatic heterocycles. The molecule has 0 heterocycles. The zero-order valence-corrected chi connectivity index (χ0v) is 16.0.